The predicted octanol–water partition coefficient (Wildman–Crippen LogP) is 4.32. The van der Waals surface area contributed by atoms with Crippen LogP contribution in [0.4, 0.5) is 0 Å². The number of thiazole rings is 1. The van der Waals surface area contributed by atoms with Crippen LogP contribution in [0.25, 0.3) is 10.6 Å². The summed E-state index contributed by atoms with van der Waals surface area (Å²) in [5.41, 5.74) is 1.40. The van der Waals surface area contributed by atoms with Gasteiger partial charge in [0.2, 0.25) is 0 Å². The molecule has 3 rings (SSSR count). The van der Waals surface area contributed by atoms with Crippen molar-refractivity contribution in [2.75, 3.05) is 0 Å². The number of halogens is 2. The van der Waals surface area contributed by atoms with Gasteiger partial charge in [0.15, 0.2) is 0 Å². The minimum Gasteiger partial charge on any atom is -0.349 e. The zero-order valence-corrected chi connectivity index (χ0v) is 13.1. The van der Waals surface area contributed by atoms with Gasteiger partial charge in [0.25, 0.3) is 5.91 Å². The van der Waals surface area contributed by atoms with Crippen LogP contribution in [-0.2, 0) is 0 Å². The largest absolute Gasteiger partial charge is 0.349 e. The Bertz CT molecular complexity index is 660. The molecule has 1 aromatic carbocycles. The number of hydrogen-bond acceptors (Lipinski definition) is 3. The molecule has 0 radical (unpaired) electrons. The van der Waals surface area contributed by atoms with Gasteiger partial charge in [-0.05, 0) is 31.9 Å². The van der Waals surface area contributed by atoms with Gasteiger partial charge in [-0.2, -0.15) is 0 Å². The second kappa shape index (κ2) is 5.35. The smallest absolute Gasteiger partial charge is 0.263 e. The van der Waals surface area contributed by atoms with Crippen molar-refractivity contribution >= 4 is 40.4 Å². The van der Waals surface area contributed by atoms with Crippen LogP contribution in [0.15, 0.2) is 18.2 Å². The fraction of sp³-hybridized carbons (Fsp3) is 0.286. The Morgan fingerprint density at radius 1 is 1.35 bits per heavy atom. The van der Waals surface area contributed by atoms with Gasteiger partial charge >= 0.3 is 0 Å². The quantitative estimate of drug-likeness (QED) is 0.912. The number of nitrogens with zero attached hydrogens (tertiary/aromatic N) is 1. The lowest BCUT2D eigenvalue weighted by molar-refractivity contribution is 0.0954. The van der Waals surface area contributed by atoms with Crippen LogP contribution < -0.4 is 5.32 Å². The van der Waals surface area contributed by atoms with E-state index in [-0.39, 0.29) is 5.91 Å². The van der Waals surface area contributed by atoms with E-state index in [0.29, 0.717) is 37.2 Å². The van der Waals surface area contributed by atoms with Crippen LogP contribution in [-0.4, -0.2) is 16.9 Å². The van der Waals surface area contributed by atoms with Crippen molar-refractivity contribution in [3.05, 3.63) is 38.8 Å². The third-order valence-corrected chi connectivity index (χ3v) is 4.90. The van der Waals surface area contributed by atoms with E-state index in [9.17, 15) is 4.79 Å². The summed E-state index contributed by atoms with van der Waals surface area (Å²) in [6.45, 7) is 1.83. The fourth-order valence-electron chi connectivity index (χ4n) is 1.89. The molecule has 104 valence electrons. The Kier molecular flexibility index (Phi) is 3.71. The molecule has 2 aromatic rings. The van der Waals surface area contributed by atoms with Crippen molar-refractivity contribution in [1.82, 2.24) is 10.3 Å². The zero-order valence-electron chi connectivity index (χ0n) is 10.7. The highest BCUT2D eigenvalue weighted by molar-refractivity contribution is 7.17. The number of aromatic nitrogens is 1. The lowest BCUT2D eigenvalue weighted by atomic mass is 10.2. The zero-order chi connectivity index (χ0) is 14.3. The number of carbonyl (C=O) groups is 1. The molecule has 3 nitrogen and oxygen atoms in total. The maximum atomic E-state index is 12.1. The van der Waals surface area contributed by atoms with E-state index in [1.165, 1.54) is 11.3 Å². The Morgan fingerprint density at radius 2 is 2.00 bits per heavy atom. The van der Waals surface area contributed by atoms with Gasteiger partial charge in [-0.25, -0.2) is 4.98 Å². The highest BCUT2D eigenvalue weighted by Crippen LogP contribution is 2.38. The summed E-state index contributed by atoms with van der Waals surface area (Å²) < 4.78 is 0. The van der Waals surface area contributed by atoms with Crippen molar-refractivity contribution < 1.29 is 4.79 Å². The van der Waals surface area contributed by atoms with E-state index in [1.807, 2.05) is 6.92 Å². The topological polar surface area (TPSA) is 42.0 Å². The minimum absolute atomic E-state index is 0.0584. The molecule has 0 saturated heterocycles. The average Bonchev–Trinajstić information content (AvgIpc) is 3.11. The molecule has 1 aliphatic rings. The van der Waals surface area contributed by atoms with Gasteiger partial charge < -0.3 is 5.32 Å². The molecule has 1 amide bonds. The molecule has 0 atom stereocenters. The van der Waals surface area contributed by atoms with Crippen LogP contribution in [0.2, 0.25) is 10.0 Å². The standard InChI is InChI=1S/C14H12Cl2N2OS/c1-7-12(13(19)18-8-5-6-8)20-14(17-7)11-9(15)3-2-4-10(11)16/h2-4,8H,5-6H2,1H3,(H,18,19). The third kappa shape index (κ3) is 2.68. The number of carbonyl (C=O) groups excluding carboxylic acids is 1. The summed E-state index contributed by atoms with van der Waals surface area (Å²) in [5.74, 6) is -0.0584. The normalized spacial score (nSPS) is 14.3. The van der Waals surface area contributed by atoms with Crippen molar-refractivity contribution in [3.63, 3.8) is 0 Å². The first-order valence-corrected chi connectivity index (χ1v) is 7.86. The minimum atomic E-state index is -0.0584. The van der Waals surface area contributed by atoms with Crippen LogP contribution in [0.3, 0.4) is 0 Å². The van der Waals surface area contributed by atoms with E-state index in [2.05, 4.69) is 10.3 Å². The molecule has 1 aliphatic carbocycles. The van der Waals surface area contributed by atoms with E-state index >= 15 is 0 Å². The first-order chi connectivity index (χ1) is 9.56. The number of hydrogen-bond donors (Lipinski definition) is 1. The van der Waals surface area contributed by atoms with E-state index in [0.717, 1.165) is 12.8 Å². The van der Waals surface area contributed by atoms with Crippen molar-refractivity contribution in [1.29, 1.82) is 0 Å². The molecule has 1 N–H and O–H groups in total. The van der Waals surface area contributed by atoms with Crippen molar-refractivity contribution in [2.24, 2.45) is 0 Å². The summed E-state index contributed by atoms with van der Waals surface area (Å²) in [6, 6.07) is 5.65. The Morgan fingerprint density at radius 3 is 2.60 bits per heavy atom. The van der Waals surface area contributed by atoms with Gasteiger partial charge in [0.05, 0.1) is 15.7 Å². The molecule has 1 fully saturated rings. The van der Waals surface area contributed by atoms with Crippen LogP contribution in [0.1, 0.15) is 28.2 Å². The molecule has 1 saturated carbocycles. The molecule has 0 unspecified atom stereocenters. The summed E-state index contributed by atoms with van der Waals surface area (Å²) >= 11 is 13.7. The van der Waals surface area contributed by atoms with Gasteiger partial charge in [-0.3, -0.25) is 4.79 Å². The summed E-state index contributed by atoms with van der Waals surface area (Å²) in [7, 11) is 0. The van der Waals surface area contributed by atoms with E-state index < -0.39 is 0 Å². The molecule has 6 heteroatoms. The van der Waals surface area contributed by atoms with Crippen LogP contribution in [0.5, 0.6) is 0 Å². The van der Waals surface area contributed by atoms with Crippen molar-refractivity contribution in [2.45, 2.75) is 25.8 Å². The molecule has 1 aromatic heterocycles. The molecular weight excluding hydrogens is 315 g/mol. The van der Waals surface area contributed by atoms with Gasteiger partial charge in [-0.1, -0.05) is 29.3 Å². The van der Waals surface area contributed by atoms with Crippen molar-refractivity contribution in [3.8, 4) is 10.6 Å². The predicted molar refractivity (Wildman–Crippen MR) is 82.8 cm³/mol. The molecule has 0 aliphatic heterocycles. The lowest BCUT2D eigenvalue weighted by Crippen LogP contribution is -2.25. The molecule has 20 heavy (non-hydrogen) atoms. The van der Waals surface area contributed by atoms with Gasteiger partial charge in [0, 0.05) is 11.6 Å². The molecule has 1 heterocycles. The summed E-state index contributed by atoms with van der Waals surface area (Å²) in [6.07, 6.45) is 2.12. The maximum absolute atomic E-state index is 12.1. The van der Waals surface area contributed by atoms with E-state index in [1.54, 1.807) is 18.2 Å². The Balaban J connectivity index is 1.97. The van der Waals surface area contributed by atoms with Crippen LogP contribution >= 0.6 is 34.5 Å². The van der Waals surface area contributed by atoms with Gasteiger partial charge in [-0.15, -0.1) is 11.3 Å². The van der Waals surface area contributed by atoms with Gasteiger partial charge in [0.1, 0.15) is 9.88 Å². The molecule has 0 bridgehead atoms. The Hall–Kier alpha value is -1.10. The fourth-order valence-corrected chi connectivity index (χ4v) is 3.63. The number of benzene rings is 1. The number of aryl methyl sites for hydroxylation is 1. The highest BCUT2D eigenvalue weighted by atomic mass is 35.5. The second-order valence-corrected chi connectivity index (χ2v) is 6.59. The highest BCUT2D eigenvalue weighted by Gasteiger charge is 2.26. The Labute approximate surface area is 130 Å². The first kappa shape index (κ1) is 13.9. The number of nitrogens with one attached hydrogen (secondary N) is 1. The number of amides is 1. The summed E-state index contributed by atoms with van der Waals surface area (Å²) in [5, 5.41) is 4.73. The molecular formula is C14H12Cl2N2OS. The first-order valence-electron chi connectivity index (χ1n) is 6.29. The molecule has 0 spiro atoms. The average molecular weight is 327 g/mol. The second-order valence-electron chi connectivity index (χ2n) is 4.78. The maximum Gasteiger partial charge on any atom is 0.263 e. The monoisotopic (exact) mass is 326 g/mol. The lowest BCUT2D eigenvalue weighted by Gasteiger charge is -2.02. The third-order valence-electron chi connectivity index (χ3n) is 3.09. The van der Waals surface area contributed by atoms with E-state index in [4.69, 9.17) is 23.2 Å². The SMILES string of the molecule is Cc1nc(-c2c(Cl)cccc2Cl)sc1C(=O)NC1CC1. The summed E-state index contributed by atoms with van der Waals surface area (Å²) in [4.78, 5) is 17.2. The number of rotatable bonds is 3. The van der Waals surface area contributed by atoms with Crippen LogP contribution in [0, 0.1) is 6.92 Å².